The Morgan fingerprint density at radius 1 is 0.429 bits per heavy atom. The second-order valence-corrected chi connectivity index (χ2v) is 23.3. The van der Waals surface area contributed by atoms with Crippen molar-refractivity contribution in [3.63, 3.8) is 0 Å². The number of fused-ring (bicyclic) bond motifs is 4. The normalized spacial score (nSPS) is 12.7. The second-order valence-electron chi connectivity index (χ2n) is 23.3. The summed E-state index contributed by atoms with van der Waals surface area (Å²) in [7, 11) is 16.4. The Morgan fingerprint density at radius 3 is 1.21 bits per heavy atom. The number of carbonyl (C=O) groups excluding carboxylic acids is 7. The number of nitrogens with zero attached hydrogens (tertiary/aromatic N) is 7. The number of aryl methyl sites for hydroxylation is 2. The van der Waals surface area contributed by atoms with Crippen molar-refractivity contribution in [2.45, 2.75) is 141 Å². The average molecular weight is 1150 g/mol. The van der Waals surface area contributed by atoms with Gasteiger partial charge in [0.05, 0.1) is 0 Å². The molecule has 0 bridgehead atoms. The van der Waals surface area contributed by atoms with Gasteiger partial charge in [0.25, 0.3) is 0 Å². The van der Waals surface area contributed by atoms with Gasteiger partial charge in [0.2, 0.25) is 63.4 Å². The molecule has 6 aromatic rings. The highest BCUT2D eigenvalue weighted by molar-refractivity contribution is 6.15. The lowest BCUT2D eigenvalue weighted by atomic mass is 10.1. The molecule has 18 heteroatoms. The molecule has 0 aliphatic carbocycles. The number of imide groups is 3. The van der Waals surface area contributed by atoms with E-state index in [0.29, 0.717) is 63.1 Å². The fourth-order valence-electron chi connectivity index (χ4n) is 11.0. The fraction of sp³-hybridized carbons (Fsp3) is 0.500. The van der Waals surface area contributed by atoms with E-state index in [-0.39, 0.29) is 62.2 Å². The molecule has 1 unspecified atom stereocenters. The third-order valence-corrected chi connectivity index (χ3v) is 15.9. The van der Waals surface area contributed by atoms with Crippen LogP contribution in [-0.4, -0.2) is 128 Å². The van der Waals surface area contributed by atoms with Crippen LogP contribution < -0.4 is 50.0 Å². The van der Waals surface area contributed by atoms with E-state index in [1.165, 1.54) is 32.6 Å². The highest BCUT2D eigenvalue weighted by Gasteiger charge is 2.34. The molecule has 3 heterocycles. The van der Waals surface area contributed by atoms with Crippen molar-refractivity contribution >= 4 is 108 Å². The summed E-state index contributed by atoms with van der Waals surface area (Å²) in [4.78, 5) is 98.0. The Kier molecular flexibility index (Phi) is 23.6. The van der Waals surface area contributed by atoms with Crippen LogP contribution in [0.5, 0.6) is 0 Å². The Balaban J connectivity index is 0.841. The summed E-state index contributed by atoms with van der Waals surface area (Å²) in [6.07, 6.45) is 9.86. The van der Waals surface area contributed by atoms with Crippen LogP contribution in [0.1, 0.15) is 122 Å². The third-order valence-electron chi connectivity index (χ3n) is 15.9. The number of anilines is 4. The number of likely N-dealkylation sites (tertiary alicyclic amines) is 1. The number of amides is 7. The van der Waals surface area contributed by atoms with Gasteiger partial charge in [-0.1, -0.05) is 0 Å². The SMILES string of the molecule is CN(C)c1ccc2cc3ccc(N(C)C)cc3[n+](CCCCCC(=O)NCCCCCNC(=O)C(CCCCNC(=O)CCCC(=O)N3C(=O)CCC3=O)NC(=O)CCCCC[n+]3c4cc(N(C)C)ccc4cc4ccc(N(C)C)cc43)c2c1. The van der Waals surface area contributed by atoms with Crippen molar-refractivity contribution in [1.29, 1.82) is 0 Å². The van der Waals surface area contributed by atoms with Crippen molar-refractivity contribution < 1.29 is 42.7 Å². The number of hydrogen-bond acceptors (Lipinski definition) is 11. The first-order valence-electron chi connectivity index (χ1n) is 30.4. The highest BCUT2D eigenvalue weighted by atomic mass is 16.2. The van der Waals surface area contributed by atoms with E-state index in [2.05, 4.69) is 163 Å². The zero-order valence-corrected chi connectivity index (χ0v) is 51.1. The van der Waals surface area contributed by atoms with Crippen LogP contribution in [0.2, 0.25) is 0 Å². The van der Waals surface area contributed by atoms with Gasteiger partial charge in [0.1, 0.15) is 19.1 Å². The monoisotopic (exact) mass is 1150 g/mol. The minimum Gasteiger partial charge on any atom is -0.377 e. The van der Waals surface area contributed by atoms with Crippen molar-refractivity contribution in [2.24, 2.45) is 0 Å². The number of carbonyl (C=O) groups is 7. The van der Waals surface area contributed by atoms with Gasteiger partial charge in [0, 0.05) is 196 Å². The molecule has 84 heavy (non-hydrogen) atoms. The number of rotatable bonds is 33. The summed E-state index contributed by atoms with van der Waals surface area (Å²) < 4.78 is 4.82. The molecule has 18 nitrogen and oxygen atoms in total. The largest absolute Gasteiger partial charge is 0.377 e. The molecule has 1 aliphatic rings. The van der Waals surface area contributed by atoms with Crippen LogP contribution in [0.25, 0.3) is 43.6 Å². The first-order chi connectivity index (χ1) is 40.4. The lowest BCUT2D eigenvalue weighted by Crippen LogP contribution is -2.47. The second kappa shape index (κ2) is 31.1. The zero-order chi connectivity index (χ0) is 60.3. The van der Waals surface area contributed by atoms with Crippen molar-refractivity contribution in [3.8, 4) is 0 Å². The van der Waals surface area contributed by atoms with Gasteiger partial charge in [-0.15, -0.1) is 0 Å². The lowest BCUT2D eigenvalue weighted by molar-refractivity contribution is -0.646. The number of hydrogen-bond donors (Lipinski definition) is 4. The van der Waals surface area contributed by atoms with E-state index >= 15 is 0 Å². The Morgan fingerprint density at radius 2 is 0.798 bits per heavy atom. The molecule has 4 N–H and O–H groups in total. The Bertz CT molecular complexity index is 3160. The summed E-state index contributed by atoms with van der Waals surface area (Å²) in [6, 6.07) is 30.1. The van der Waals surface area contributed by atoms with Crippen LogP contribution in [0.3, 0.4) is 0 Å². The van der Waals surface area contributed by atoms with Gasteiger partial charge in [-0.05, 0) is 131 Å². The molecule has 2 aromatic heterocycles. The quantitative estimate of drug-likeness (QED) is 0.0135. The molecule has 450 valence electrons. The first-order valence-corrected chi connectivity index (χ1v) is 30.4. The maximum absolute atomic E-state index is 13.7. The molecule has 1 atom stereocenters. The number of unbranched alkanes of at least 4 members (excludes halogenated alkanes) is 7. The van der Waals surface area contributed by atoms with Gasteiger partial charge in [-0.2, -0.15) is 9.13 Å². The van der Waals surface area contributed by atoms with Crippen LogP contribution >= 0.6 is 0 Å². The number of aromatic nitrogens is 2. The van der Waals surface area contributed by atoms with Crippen molar-refractivity contribution in [2.75, 3.05) is 95.6 Å². The first kappa shape index (κ1) is 63.7. The van der Waals surface area contributed by atoms with Crippen molar-refractivity contribution in [1.82, 2.24) is 26.2 Å². The molecule has 7 amide bonds. The molecule has 4 aromatic carbocycles. The number of nitrogens with one attached hydrogen (secondary N) is 4. The van der Waals surface area contributed by atoms with Gasteiger partial charge in [-0.3, -0.25) is 33.6 Å². The lowest BCUT2D eigenvalue weighted by Gasteiger charge is -2.19. The summed E-state index contributed by atoms with van der Waals surface area (Å²) in [5, 5.41) is 16.7. The van der Waals surface area contributed by atoms with E-state index in [4.69, 9.17) is 0 Å². The summed E-state index contributed by atoms with van der Waals surface area (Å²) in [5.41, 5.74) is 9.25. The predicted octanol–water partition coefficient (Wildman–Crippen LogP) is 7.98. The topological polar surface area (TPSA) is 192 Å². The molecule has 0 radical (unpaired) electrons. The van der Waals surface area contributed by atoms with E-state index in [0.717, 1.165) is 91.8 Å². The van der Waals surface area contributed by atoms with Gasteiger partial charge >= 0.3 is 0 Å². The maximum atomic E-state index is 13.7. The standard InChI is InChI=1S/C66H89N11O7/c1-71(2)51-30-26-47-41-48-27-31-52(72(3)4)44-57(48)75(56(47)43-51)39-18-9-12-22-60(78)67-36-15-11-16-38-69-66(84)55(21-14-17-37-68-61(79)24-20-25-63(81)77-64(82)34-35-65(77)83)70-62(80)23-13-10-19-40-76-58-45-53(73(5)6)32-28-49(58)42-50-29-33-54(74(7)8)46-59(50)76/h26-33,41-46,55H,9-25,34-40H2,1-8H3,(H2-2,67,68,69,70,78,79,80,84)/p+2. The summed E-state index contributed by atoms with van der Waals surface area (Å²) in [5.74, 6) is -2.20. The fourth-order valence-corrected chi connectivity index (χ4v) is 11.0. The van der Waals surface area contributed by atoms with Gasteiger partial charge in [0.15, 0.2) is 0 Å². The summed E-state index contributed by atoms with van der Waals surface area (Å²) in [6.45, 7) is 2.97. The smallest absolute Gasteiger partial charge is 0.242 e. The van der Waals surface area contributed by atoms with Crippen molar-refractivity contribution in [3.05, 3.63) is 84.9 Å². The van der Waals surface area contributed by atoms with Gasteiger partial charge in [-0.25, -0.2) is 4.90 Å². The minimum absolute atomic E-state index is 0.0345. The molecular formula is C66H91N11O7+2. The molecule has 1 aliphatic heterocycles. The number of pyridine rings is 2. The van der Waals surface area contributed by atoms with Crippen LogP contribution in [-0.2, 0) is 46.7 Å². The van der Waals surface area contributed by atoms with Crippen LogP contribution in [0.4, 0.5) is 22.7 Å². The number of benzene rings is 4. The Labute approximate surface area is 496 Å². The van der Waals surface area contributed by atoms with E-state index in [1.807, 2.05) is 28.2 Å². The molecule has 0 spiro atoms. The van der Waals surface area contributed by atoms with E-state index in [9.17, 15) is 33.6 Å². The molecule has 0 saturated carbocycles. The average Bonchev–Trinajstić information content (AvgIpc) is 2.27. The van der Waals surface area contributed by atoms with E-state index in [1.54, 1.807) is 0 Å². The third kappa shape index (κ3) is 17.8. The molecule has 7 rings (SSSR count). The van der Waals surface area contributed by atoms with E-state index < -0.39 is 23.8 Å². The molecule has 1 fully saturated rings. The zero-order valence-electron chi connectivity index (χ0n) is 51.1. The van der Waals surface area contributed by atoms with Crippen LogP contribution in [0, 0.1) is 0 Å². The summed E-state index contributed by atoms with van der Waals surface area (Å²) >= 11 is 0. The minimum atomic E-state index is -0.749. The maximum Gasteiger partial charge on any atom is 0.242 e. The predicted molar refractivity (Wildman–Crippen MR) is 336 cm³/mol. The highest BCUT2D eigenvalue weighted by Crippen LogP contribution is 2.28. The van der Waals surface area contributed by atoms with Crippen LogP contribution in [0.15, 0.2) is 84.9 Å². The molecular weight excluding hydrogens is 1060 g/mol. The Hall–Kier alpha value is -7.89. The van der Waals surface area contributed by atoms with Gasteiger partial charge < -0.3 is 40.9 Å². The molecule has 1 saturated heterocycles.